The first-order chi connectivity index (χ1) is 9.17. The third-order valence-corrected chi connectivity index (χ3v) is 4.24. The van der Waals surface area contributed by atoms with Crippen LogP contribution in [0, 0.1) is 0 Å². The minimum Gasteiger partial charge on any atom is -0.396 e. The summed E-state index contributed by atoms with van der Waals surface area (Å²) in [6.45, 7) is 4.06. The molecule has 1 amide bonds. The van der Waals surface area contributed by atoms with Gasteiger partial charge in [0.15, 0.2) is 0 Å². The SMILES string of the molecule is CCC(CCO)NC(=O)C(C)SCc1ccccc1. The summed E-state index contributed by atoms with van der Waals surface area (Å²) in [6.07, 6.45) is 1.47. The van der Waals surface area contributed by atoms with Crippen molar-refractivity contribution in [3.05, 3.63) is 35.9 Å². The molecule has 0 saturated carbocycles. The molecule has 2 N–H and O–H groups in total. The standard InChI is InChI=1S/C15H23NO2S/c1-3-14(9-10-17)16-15(18)12(2)19-11-13-7-5-4-6-8-13/h4-8,12,14,17H,3,9-11H2,1-2H3,(H,16,18). The number of nitrogens with one attached hydrogen (secondary N) is 1. The van der Waals surface area contributed by atoms with Crippen LogP contribution in [-0.2, 0) is 10.5 Å². The molecule has 0 aromatic heterocycles. The molecule has 0 bridgehead atoms. The summed E-state index contributed by atoms with van der Waals surface area (Å²) in [5.41, 5.74) is 1.23. The number of hydrogen-bond acceptors (Lipinski definition) is 3. The molecule has 0 fully saturated rings. The highest BCUT2D eigenvalue weighted by atomic mass is 32.2. The van der Waals surface area contributed by atoms with E-state index in [2.05, 4.69) is 17.4 Å². The van der Waals surface area contributed by atoms with Gasteiger partial charge in [0, 0.05) is 18.4 Å². The molecular formula is C15H23NO2S. The summed E-state index contributed by atoms with van der Waals surface area (Å²) in [7, 11) is 0. The van der Waals surface area contributed by atoms with E-state index in [4.69, 9.17) is 5.11 Å². The van der Waals surface area contributed by atoms with Crippen molar-refractivity contribution in [2.75, 3.05) is 6.61 Å². The number of aliphatic hydroxyl groups is 1. The van der Waals surface area contributed by atoms with Crippen LogP contribution in [0.15, 0.2) is 30.3 Å². The predicted octanol–water partition coefficient (Wildman–Crippen LogP) is 2.59. The smallest absolute Gasteiger partial charge is 0.233 e. The zero-order chi connectivity index (χ0) is 14.1. The lowest BCUT2D eigenvalue weighted by Crippen LogP contribution is -2.39. The Labute approximate surface area is 119 Å². The molecular weight excluding hydrogens is 258 g/mol. The summed E-state index contributed by atoms with van der Waals surface area (Å²) >= 11 is 1.63. The molecule has 1 aromatic rings. The fourth-order valence-electron chi connectivity index (χ4n) is 1.72. The molecule has 2 unspecified atom stereocenters. The largest absolute Gasteiger partial charge is 0.396 e. The Kier molecular flexibility index (Phi) is 7.60. The topological polar surface area (TPSA) is 49.3 Å². The highest BCUT2D eigenvalue weighted by Gasteiger charge is 2.16. The maximum atomic E-state index is 12.0. The van der Waals surface area contributed by atoms with E-state index in [9.17, 15) is 4.79 Å². The van der Waals surface area contributed by atoms with Gasteiger partial charge in [-0.3, -0.25) is 4.79 Å². The minimum atomic E-state index is -0.0760. The van der Waals surface area contributed by atoms with Crippen LogP contribution in [0.1, 0.15) is 32.3 Å². The number of rotatable bonds is 8. The van der Waals surface area contributed by atoms with Crippen LogP contribution in [0.3, 0.4) is 0 Å². The van der Waals surface area contributed by atoms with Crippen molar-refractivity contribution in [3.63, 3.8) is 0 Å². The van der Waals surface area contributed by atoms with Crippen LogP contribution in [0.25, 0.3) is 0 Å². The zero-order valence-electron chi connectivity index (χ0n) is 11.6. The summed E-state index contributed by atoms with van der Waals surface area (Å²) in [6, 6.07) is 10.2. The Bertz CT molecular complexity index is 370. The number of carbonyl (C=O) groups is 1. The van der Waals surface area contributed by atoms with Crippen LogP contribution in [-0.4, -0.2) is 28.9 Å². The van der Waals surface area contributed by atoms with Crippen molar-refractivity contribution in [3.8, 4) is 0 Å². The van der Waals surface area contributed by atoms with Gasteiger partial charge in [0.1, 0.15) is 0 Å². The average molecular weight is 281 g/mol. The Morgan fingerprint density at radius 3 is 2.63 bits per heavy atom. The van der Waals surface area contributed by atoms with Crippen molar-refractivity contribution in [2.24, 2.45) is 0 Å². The fraction of sp³-hybridized carbons (Fsp3) is 0.533. The van der Waals surface area contributed by atoms with Crippen molar-refractivity contribution >= 4 is 17.7 Å². The molecule has 0 saturated heterocycles. The van der Waals surface area contributed by atoms with E-state index in [1.807, 2.05) is 32.0 Å². The first-order valence-corrected chi connectivity index (χ1v) is 7.79. The maximum Gasteiger partial charge on any atom is 0.233 e. The molecule has 4 heteroatoms. The Balaban J connectivity index is 2.36. The van der Waals surface area contributed by atoms with Gasteiger partial charge >= 0.3 is 0 Å². The Morgan fingerprint density at radius 1 is 1.37 bits per heavy atom. The van der Waals surface area contributed by atoms with Gasteiger partial charge in [-0.1, -0.05) is 37.3 Å². The molecule has 19 heavy (non-hydrogen) atoms. The summed E-state index contributed by atoms with van der Waals surface area (Å²) in [4.78, 5) is 12.0. The van der Waals surface area contributed by atoms with Crippen LogP contribution < -0.4 is 5.32 Å². The second-order valence-electron chi connectivity index (χ2n) is 4.56. The van der Waals surface area contributed by atoms with Gasteiger partial charge in [-0.25, -0.2) is 0 Å². The van der Waals surface area contributed by atoms with E-state index in [0.717, 1.165) is 12.2 Å². The van der Waals surface area contributed by atoms with Gasteiger partial charge in [0.2, 0.25) is 5.91 Å². The number of aliphatic hydroxyl groups excluding tert-OH is 1. The minimum absolute atomic E-state index is 0.0567. The third kappa shape index (κ3) is 6.12. The van der Waals surface area contributed by atoms with Gasteiger partial charge < -0.3 is 10.4 Å². The molecule has 0 aliphatic heterocycles. The van der Waals surface area contributed by atoms with Crippen molar-refractivity contribution < 1.29 is 9.90 Å². The fourth-order valence-corrected chi connectivity index (χ4v) is 2.58. The Hall–Kier alpha value is -1.00. The van der Waals surface area contributed by atoms with Gasteiger partial charge in [-0.05, 0) is 25.3 Å². The zero-order valence-corrected chi connectivity index (χ0v) is 12.5. The highest BCUT2D eigenvalue weighted by Crippen LogP contribution is 2.17. The monoisotopic (exact) mass is 281 g/mol. The number of amides is 1. The number of hydrogen-bond donors (Lipinski definition) is 2. The molecule has 1 aromatic carbocycles. The van der Waals surface area contributed by atoms with Crippen molar-refractivity contribution in [1.29, 1.82) is 0 Å². The molecule has 0 aliphatic rings. The average Bonchev–Trinajstić information content (AvgIpc) is 2.45. The summed E-state index contributed by atoms with van der Waals surface area (Å²) in [5, 5.41) is 11.8. The normalized spacial score (nSPS) is 13.8. The van der Waals surface area contributed by atoms with Gasteiger partial charge in [-0.2, -0.15) is 0 Å². The molecule has 3 nitrogen and oxygen atoms in total. The predicted molar refractivity (Wildman–Crippen MR) is 81.1 cm³/mol. The maximum absolute atomic E-state index is 12.0. The molecule has 1 rings (SSSR count). The Morgan fingerprint density at radius 2 is 2.05 bits per heavy atom. The molecule has 106 valence electrons. The number of benzene rings is 1. The van der Waals surface area contributed by atoms with Crippen molar-refractivity contribution in [1.82, 2.24) is 5.32 Å². The van der Waals surface area contributed by atoms with E-state index in [-0.39, 0.29) is 23.8 Å². The molecule has 0 radical (unpaired) electrons. The van der Waals surface area contributed by atoms with Crippen LogP contribution in [0.2, 0.25) is 0 Å². The van der Waals surface area contributed by atoms with Crippen molar-refractivity contribution in [2.45, 2.75) is 43.7 Å². The lowest BCUT2D eigenvalue weighted by Gasteiger charge is -2.18. The van der Waals surface area contributed by atoms with Gasteiger partial charge in [0.05, 0.1) is 5.25 Å². The first kappa shape index (κ1) is 16.1. The van der Waals surface area contributed by atoms with Crippen LogP contribution in [0.4, 0.5) is 0 Å². The molecule has 0 aliphatic carbocycles. The first-order valence-electron chi connectivity index (χ1n) is 6.74. The van der Waals surface area contributed by atoms with E-state index in [1.165, 1.54) is 5.56 Å². The van der Waals surface area contributed by atoms with E-state index in [0.29, 0.717) is 6.42 Å². The quantitative estimate of drug-likeness (QED) is 0.770. The lowest BCUT2D eigenvalue weighted by atomic mass is 10.1. The van der Waals surface area contributed by atoms with E-state index in [1.54, 1.807) is 11.8 Å². The second-order valence-corrected chi connectivity index (χ2v) is 5.89. The van der Waals surface area contributed by atoms with E-state index >= 15 is 0 Å². The highest BCUT2D eigenvalue weighted by molar-refractivity contribution is 7.99. The van der Waals surface area contributed by atoms with Crippen LogP contribution >= 0.6 is 11.8 Å². The van der Waals surface area contributed by atoms with Gasteiger partial charge in [-0.15, -0.1) is 11.8 Å². The molecule has 0 heterocycles. The van der Waals surface area contributed by atoms with Crippen LogP contribution in [0.5, 0.6) is 0 Å². The molecule has 2 atom stereocenters. The lowest BCUT2D eigenvalue weighted by molar-refractivity contribution is -0.121. The van der Waals surface area contributed by atoms with E-state index < -0.39 is 0 Å². The number of thioether (sulfide) groups is 1. The summed E-state index contributed by atoms with van der Waals surface area (Å²) in [5.74, 6) is 0.896. The molecule has 0 spiro atoms. The summed E-state index contributed by atoms with van der Waals surface area (Å²) < 4.78 is 0. The third-order valence-electron chi connectivity index (χ3n) is 3.03. The second kappa shape index (κ2) is 8.99. The number of carbonyl (C=O) groups excluding carboxylic acids is 1. The van der Waals surface area contributed by atoms with Gasteiger partial charge in [0.25, 0.3) is 0 Å².